The van der Waals surface area contributed by atoms with E-state index >= 15 is 0 Å². The lowest BCUT2D eigenvalue weighted by Gasteiger charge is -2.26. The molecule has 2 aliphatic rings. The zero-order valence-corrected chi connectivity index (χ0v) is 9.63. The van der Waals surface area contributed by atoms with Gasteiger partial charge in [-0.1, -0.05) is 6.42 Å². The molecular formula is C11H22N4. The van der Waals surface area contributed by atoms with E-state index in [0.717, 1.165) is 32.1 Å². The molecule has 2 N–H and O–H groups in total. The van der Waals surface area contributed by atoms with Crippen LogP contribution in [-0.2, 0) is 0 Å². The fourth-order valence-corrected chi connectivity index (χ4v) is 2.27. The van der Waals surface area contributed by atoms with Crippen molar-refractivity contribution in [1.82, 2.24) is 15.5 Å². The van der Waals surface area contributed by atoms with Crippen LogP contribution in [0.1, 0.15) is 26.2 Å². The molecule has 1 fully saturated rings. The Morgan fingerprint density at radius 3 is 3.20 bits per heavy atom. The lowest BCUT2D eigenvalue weighted by Crippen LogP contribution is -2.47. The zero-order chi connectivity index (χ0) is 10.5. The average Bonchev–Trinajstić information content (AvgIpc) is 2.75. The minimum atomic E-state index is 0.640. The molecule has 0 amide bonds. The van der Waals surface area contributed by atoms with Crippen molar-refractivity contribution in [3.8, 4) is 0 Å². The summed E-state index contributed by atoms with van der Waals surface area (Å²) in [6.07, 6.45) is 3.99. The molecule has 1 unspecified atom stereocenters. The van der Waals surface area contributed by atoms with Gasteiger partial charge in [-0.15, -0.1) is 0 Å². The third kappa shape index (κ3) is 2.84. The maximum Gasteiger partial charge on any atom is 0.194 e. The van der Waals surface area contributed by atoms with Gasteiger partial charge in [0.15, 0.2) is 5.96 Å². The summed E-state index contributed by atoms with van der Waals surface area (Å²) in [4.78, 5) is 6.78. The number of guanidine groups is 1. The van der Waals surface area contributed by atoms with Crippen molar-refractivity contribution in [2.75, 3.05) is 32.7 Å². The molecule has 0 spiro atoms. The van der Waals surface area contributed by atoms with Crippen LogP contribution in [0.3, 0.4) is 0 Å². The molecule has 0 aliphatic carbocycles. The molecule has 2 rings (SSSR count). The van der Waals surface area contributed by atoms with E-state index in [0.29, 0.717) is 6.04 Å². The largest absolute Gasteiger partial charge is 0.355 e. The zero-order valence-electron chi connectivity index (χ0n) is 9.63. The van der Waals surface area contributed by atoms with Gasteiger partial charge in [0.05, 0.1) is 6.54 Å². The van der Waals surface area contributed by atoms with Gasteiger partial charge in [-0.3, -0.25) is 4.99 Å². The summed E-state index contributed by atoms with van der Waals surface area (Å²) < 4.78 is 0. The van der Waals surface area contributed by atoms with Gasteiger partial charge in [-0.05, 0) is 26.3 Å². The molecule has 0 aromatic heterocycles. The van der Waals surface area contributed by atoms with Crippen LogP contribution in [0.2, 0.25) is 0 Å². The normalized spacial score (nSPS) is 26.6. The summed E-state index contributed by atoms with van der Waals surface area (Å²) in [5.41, 5.74) is 0. The predicted molar refractivity (Wildman–Crippen MR) is 63.2 cm³/mol. The number of aliphatic imine (C=N–C) groups is 1. The van der Waals surface area contributed by atoms with Gasteiger partial charge in [-0.25, -0.2) is 0 Å². The van der Waals surface area contributed by atoms with Crippen LogP contribution in [-0.4, -0.2) is 49.6 Å². The molecule has 0 aromatic carbocycles. The van der Waals surface area contributed by atoms with Crippen molar-refractivity contribution < 1.29 is 0 Å². The van der Waals surface area contributed by atoms with E-state index in [9.17, 15) is 0 Å². The van der Waals surface area contributed by atoms with E-state index in [1.54, 1.807) is 0 Å². The topological polar surface area (TPSA) is 39.7 Å². The molecule has 86 valence electrons. The summed E-state index contributed by atoms with van der Waals surface area (Å²) in [7, 11) is 0. The molecule has 1 saturated heterocycles. The van der Waals surface area contributed by atoms with Crippen molar-refractivity contribution in [2.24, 2.45) is 4.99 Å². The Labute approximate surface area is 92.1 Å². The molecule has 0 aromatic rings. The Bertz CT molecular complexity index is 221. The van der Waals surface area contributed by atoms with Gasteiger partial charge in [0.25, 0.3) is 0 Å². The second kappa shape index (κ2) is 5.35. The number of nitrogens with one attached hydrogen (secondary N) is 2. The van der Waals surface area contributed by atoms with Gasteiger partial charge < -0.3 is 15.5 Å². The maximum absolute atomic E-state index is 4.48. The van der Waals surface area contributed by atoms with Crippen molar-refractivity contribution >= 4 is 5.96 Å². The number of likely N-dealkylation sites (N-methyl/N-ethyl adjacent to an activating group) is 1. The van der Waals surface area contributed by atoms with Crippen LogP contribution >= 0.6 is 0 Å². The molecule has 4 nitrogen and oxygen atoms in total. The number of hydrogen-bond acceptors (Lipinski definition) is 4. The Morgan fingerprint density at radius 1 is 1.53 bits per heavy atom. The summed E-state index contributed by atoms with van der Waals surface area (Å²) in [5, 5.41) is 7.01. The van der Waals surface area contributed by atoms with Crippen LogP contribution in [0.5, 0.6) is 0 Å². The Morgan fingerprint density at radius 2 is 2.47 bits per heavy atom. The molecule has 1 atom stereocenters. The number of hydrogen-bond donors (Lipinski definition) is 2. The van der Waals surface area contributed by atoms with Gasteiger partial charge >= 0.3 is 0 Å². The molecule has 2 heterocycles. The van der Waals surface area contributed by atoms with E-state index in [-0.39, 0.29) is 0 Å². The first-order valence-corrected chi connectivity index (χ1v) is 6.17. The highest BCUT2D eigenvalue weighted by molar-refractivity contribution is 5.81. The maximum atomic E-state index is 4.48. The van der Waals surface area contributed by atoms with E-state index in [2.05, 4.69) is 27.4 Å². The van der Waals surface area contributed by atoms with E-state index < -0.39 is 0 Å². The summed E-state index contributed by atoms with van der Waals surface area (Å²) in [5.74, 6) is 1.10. The quantitative estimate of drug-likeness (QED) is 0.709. The number of nitrogens with zero attached hydrogens (tertiary/aromatic N) is 2. The fraction of sp³-hybridized carbons (Fsp3) is 0.909. The summed E-state index contributed by atoms with van der Waals surface area (Å²) >= 11 is 0. The highest BCUT2D eigenvalue weighted by atomic mass is 15.3. The molecule has 0 radical (unpaired) electrons. The van der Waals surface area contributed by atoms with E-state index in [4.69, 9.17) is 0 Å². The number of rotatable bonds is 3. The SMILES string of the molecule is CCN1CCN=C1NCC1CCCCN1. The van der Waals surface area contributed by atoms with E-state index in [1.165, 1.54) is 25.8 Å². The fourth-order valence-electron chi connectivity index (χ4n) is 2.27. The van der Waals surface area contributed by atoms with Crippen molar-refractivity contribution in [3.05, 3.63) is 0 Å². The lowest BCUT2D eigenvalue weighted by molar-refractivity contribution is 0.389. The van der Waals surface area contributed by atoms with Gasteiger partial charge in [0, 0.05) is 25.7 Å². The second-order valence-corrected chi connectivity index (χ2v) is 4.31. The van der Waals surface area contributed by atoms with Crippen LogP contribution in [0, 0.1) is 0 Å². The molecule has 2 aliphatic heterocycles. The van der Waals surface area contributed by atoms with Crippen LogP contribution in [0.25, 0.3) is 0 Å². The first-order chi connectivity index (χ1) is 7.40. The smallest absolute Gasteiger partial charge is 0.194 e. The highest BCUT2D eigenvalue weighted by Crippen LogP contribution is 2.06. The van der Waals surface area contributed by atoms with Crippen LogP contribution < -0.4 is 10.6 Å². The van der Waals surface area contributed by atoms with Crippen LogP contribution in [0.15, 0.2) is 4.99 Å². The molecule has 0 bridgehead atoms. The van der Waals surface area contributed by atoms with E-state index in [1.807, 2.05) is 0 Å². The van der Waals surface area contributed by atoms with Crippen molar-refractivity contribution in [1.29, 1.82) is 0 Å². The molecule has 4 heteroatoms. The van der Waals surface area contributed by atoms with Gasteiger partial charge in [0.2, 0.25) is 0 Å². The minimum Gasteiger partial charge on any atom is -0.355 e. The summed E-state index contributed by atoms with van der Waals surface area (Å²) in [6, 6.07) is 0.640. The highest BCUT2D eigenvalue weighted by Gasteiger charge is 2.17. The third-order valence-corrected chi connectivity index (χ3v) is 3.23. The molecule has 15 heavy (non-hydrogen) atoms. The summed E-state index contributed by atoms with van der Waals surface area (Å²) in [6.45, 7) is 7.47. The van der Waals surface area contributed by atoms with Crippen molar-refractivity contribution in [3.63, 3.8) is 0 Å². The van der Waals surface area contributed by atoms with Gasteiger partial charge in [0.1, 0.15) is 0 Å². The minimum absolute atomic E-state index is 0.640. The van der Waals surface area contributed by atoms with Crippen molar-refractivity contribution in [2.45, 2.75) is 32.2 Å². The average molecular weight is 210 g/mol. The third-order valence-electron chi connectivity index (χ3n) is 3.23. The van der Waals surface area contributed by atoms with Crippen LogP contribution in [0.4, 0.5) is 0 Å². The Kier molecular flexibility index (Phi) is 3.83. The monoisotopic (exact) mass is 210 g/mol. The second-order valence-electron chi connectivity index (χ2n) is 4.31. The van der Waals surface area contributed by atoms with Gasteiger partial charge in [-0.2, -0.15) is 0 Å². The lowest BCUT2D eigenvalue weighted by atomic mass is 10.1. The Hall–Kier alpha value is -0.770. The predicted octanol–water partition coefficient (Wildman–Crippen LogP) is 0.410. The first-order valence-electron chi connectivity index (χ1n) is 6.17. The first kappa shape index (κ1) is 10.7. The Balaban J connectivity index is 1.72. The standard InChI is InChI=1S/C11H22N4/c1-2-15-8-7-13-11(15)14-9-10-5-3-4-6-12-10/h10,12H,2-9H2,1H3,(H,13,14). The molecule has 0 saturated carbocycles. The molecular weight excluding hydrogens is 188 g/mol. The number of piperidine rings is 1.